The predicted octanol–water partition coefficient (Wildman–Crippen LogP) is 14.9. The summed E-state index contributed by atoms with van der Waals surface area (Å²) < 4.78 is 0. The third-order valence-corrected chi connectivity index (χ3v) is 14.0. The molecule has 68 heavy (non-hydrogen) atoms. The minimum atomic E-state index is -0.555. The van der Waals surface area contributed by atoms with Gasteiger partial charge in [-0.05, 0) is 79.8 Å². The van der Waals surface area contributed by atoms with Crippen LogP contribution < -0.4 is 0 Å². The Balaban J connectivity index is 0.957. The molecule has 0 atom stereocenters. The highest BCUT2D eigenvalue weighted by atomic mass is 35.5. The number of hydrogen-bond acceptors (Lipinski definition) is 6. The van der Waals surface area contributed by atoms with Gasteiger partial charge in [-0.2, -0.15) is 0 Å². The molecule has 11 rings (SSSR count). The largest absolute Gasteiger partial charge is 0.270 e. The zero-order valence-corrected chi connectivity index (χ0v) is 38.1. The van der Waals surface area contributed by atoms with Crippen LogP contribution in [-0.2, 0) is 26.2 Å². The van der Waals surface area contributed by atoms with E-state index in [2.05, 4.69) is 20.1 Å². The summed E-state index contributed by atoms with van der Waals surface area (Å²) in [7, 11) is 0. The van der Waals surface area contributed by atoms with Crippen molar-refractivity contribution < 1.29 is 19.2 Å². The Kier molecular flexibility index (Phi) is 10.5. The third kappa shape index (κ3) is 6.77. The molecule has 16 heteroatoms. The summed E-state index contributed by atoms with van der Waals surface area (Å²) >= 11 is 28.8. The van der Waals surface area contributed by atoms with Crippen LogP contribution in [0.2, 0.25) is 20.1 Å². The van der Waals surface area contributed by atoms with Crippen molar-refractivity contribution >= 4 is 113 Å². The number of hydrogen-bond donors (Lipinski definition) is 0. The first kappa shape index (κ1) is 42.9. The molecule has 12 nitrogen and oxygen atoms in total. The third-order valence-electron chi connectivity index (χ3n) is 12.8. The van der Waals surface area contributed by atoms with E-state index in [1.807, 2.05) is 97.1 Å². The lowest BCUT2D eigenvalue weighted by Crippen LogP contribution is -2.40. The molecule has 9 aromatic carbocycles. The first-order valence-corrected chi connectivity index (χ1v) is 22.6. The van der Waals surface area contributed by atoms with Crippen molar-refractivity contribution in [3.63, 3.8) is 0 Å². The van der Waals surface area contributed by atoms with E-state index < -0.39 is 23.6 Å². The molecule has 0 saturated carbocycles. The van der Waals surface area contributed by atoms with E-state index in [1.165, 1.54) is 34.1 Å². The number of carbonyl (C=O) groups excluding carboxylic acids is 4. The van der Waals surface area contributed by atoms with Gasteiger partial charge in [0.25, 0.3) is 23.6 Å². The second-order valence-electron chi connectivity index (χ2n) is 16.6. The van der Waals surface area contributed by atoms with Gasteiger partial charge in [-0.1, -0.05) is 154 Å². The first-order chi connectivity index (χ1) is 32.9. The average molecular weight is 971 g/mol. The fraction of sp³-hybridized carbons (Fsp3) is 0.0769. The molecule has 0 unspecified atom stereocenters. The van der Waals surface area contributed by atoms with Crippen molar-refractivity contribution in [3.8, 4) is 22.3 Å². The molecular weight excluding hydrogens is 942 g/mol. The molecule has 0 aliphatic carbocycles. The summed E-state index contributed by atoms with van der Waals surface area (Å²) in [4.78, 5) is 65.9. The highest BCUT2D eigenvalue weighted by Crippen LogP contribution is 2.54. The van der Waals surface area contributed by atoms with Gasteiger partial charge in [0, 0.05) is 73.0 Å². The number of rotatable bonds is 10. The van der Waals surface area contributed by atoms with Gasteiger partial charge >= 0.3 is 0 Å². The standard InChI is InChI=1S/C52H28Cl4N8O4/c53-37-17-33-41-34(50(66)63(49(33)65)23-27-5-13-31(14-6-27)29-9-1-25(2-10-29)21-59-61-57)18-38(54)44-46-40(56)20-36-42-35(19-39(55)45(48(42)46)43(37)47(41)44)51(67)64(52(36)68)24-28-7-15-32(16-8-28)30-11-3-26(4-12-30)22-60-62-58/h1-20H,21-24H2. The maximum atomic E-state index is 14.5. The van der Waals surface area contributed by atoms with Gasteiger partial charge < -0.3 is 0 Å². The Hall–Kier alpha value is -7.66. The van der Waals surface area contributed by atoms with Crippen LogP contribution >= 0.6 is 46.4 Å². The van der Waals surface area contributed by atoms with Gasteiger partial charge in [0.1, 0.15) is 0 Å². The number of azide groups is 2. The molecule has 0 fully saturated rings. The number of carbonyl (C=O) groups is 4. The highest BCUT2D eigenvalue weighted by Gasteiger charge is 2.39. The molecule has 4 amide bonds. The quantitative estimate of drug-likeness (QED) is 0.0332. The molecular formula is C52H28Cl4N8O4. The fourth-order valence-electron chi connectivity index (χ4n) is 9.65. The van der Waals surface area contributed by atoms with E-state index in [4.69, 9.17) is 57.5 Å². The van der Waals surface area contributed by atoms with Crippen molar-refractivity contribution in [3.05, 3.63) is 207 Å². The number of nitrogens with zero attached hydrogens (tertiary/aromatic N) is 8. The average Bonchev–Trinajstić information content (AvgIpc) is 3.35. The second kappa shape index (κ2) is 16.6. The maximum Gasteiger partial charge on any atom is 0.261 e. The van der Waals surface area contributed by atoms with Crippen molar-refractivity contribution in [2.75, 3.05) is 0 Å². The number of amides is 4. The molecule has 0 N–H and O–H groups in total. The summed E-state index contributed by atoms with van der Waals surface area (Å²) in [5.41, 5.74) is 24.9. The molecule has 0 bridgehead atoms. The molecule has 328 valence electrons. The van der Waals surface area contributed by atoms with Crippen LogP contribution in [0.1, 0.15) is 63.7 Å². The fourth-order valence-corrected chi connectivity index (χ4v) is 10.8. The number of fused-ring (bicyclic) bond motifs is 2. The van der Waals surface area contributed by atoms with Crippen LogP contribution in [0, 0.1) is 0 Å². The van der Waals surface area contributed by atoms with E-state index in [1.54, 1.807) is 0 Å². The smallest absolute Gasteiger partial charge is 0.261 e. The molecule has 0 aromatic heterocycles. The van der Waals surface area contributed by atoms with Crippen LogP contribution in [0.5, 0.6) is 0 Å². The summed E-state index contributed by atoms with van der Waals surface area (Å²) in [5.74, 6) is -2.22. The monoisotopic (exact) mass is 968 g/mol. The molecule has 0 spiro atoms. The molecule has 2 aliphatic heterocycles. The minimum Gasteiger partial charge on any atom is -0.270 e. The molecule has 0 saturated heterocycles. The van der Waals surface area contributed by atoms with Crippen molar-refractivity contribution in [2.24, 2.45) is 10.2 Å². The Morgan fingerprint density at radius 2 is 0.618 bits per heavy atom. The summed E-state index contributed by atoms with van der Waals surface area (Å²) in [6.07, 6.45) is 0. The Morgan fingerprint density at radius 1 is 0.368 bits per heavy atom. The number of imide groups is 2. The predicted molar refractivity (Wildman–Crippen MR) is 266 cm³/mol. The normalized spacial score (nSPS) is 13.3. The van der Waals surface area contributed by atoms with Crippen molar-refractivity contribution in [1.82, 2.24) is 9.80 Å². The van der Waals surface area contributed by atoms with Crippen LogP contribution in [-0.4, -0.2) is 33.4 Å². The Bertz CT molecular complexity index is 3430. The lowest BCUT2D eigenvalue weighted by Gasteiger charge is -2.31. The SMILES string of the molecule is [N-]=[N+]=NCc1ccc(-c2ccc(CN3C(=O)c4cc(Cl)c5c6c(Cl)cc7c8c(cc(Cl)c(c9c(Cl)cc(c4c59)C3=O)c86)C(=O)N(Cc3ccc(-c4ccc(CN=[N+]=[N-])cc4)cc3)C7=O)cc2)cc1. The Labute approximate surface area is 405 Å². The van der Waals surface area contributed by atoms with Gasteiger partial charge in [0.05, 0.1) is 48.4 Å². The summed E-state index contributed by atoms with van der Waals surface area (Å²) in [6.45, 7) is 0.436. The first-order valence-electron chi connectivity index (χ1n) is 21.0. The minimum absolute atomic E-state index is 0.0327. The zero-order valence-electron chi connectivity index (χ0n) is 35.1. The number of benzene rings is 9. The van der Waals surface area contributed by atoms with Crippen LogP contribution in [0.4, 0.5) is 0 Å². The Morgan fingerprint density at radius 3 is 0.868 bits per heavy atom. The molecule has 0 radical (unpaired) electrons. The van der Waals surface area contributed by atoms with E-state index in [9.17, 15) is 19.2 Å². The lowest BCUT2D eigenvalue weighted by atomic mass is 9.82. The van der Waals surface area contributed by atoms with E-state index in [0.717, 1.165) is 33.4 Å². The topological polar surface area (TPSA) is 172 Å². The maximum absolute atomic E-state index is 14.5. The van der Waals surface area contributed by atoms with E-state index >= 15 is 0 Å². The van der Waals surface area contributed by atoms with Gasteiger partial charge in [-0.25, -0.2) is 0 Å². The lowest BCUT2D eigenvalue weighted by molar-refractivity contribution is 0.0583. The van der Waals surface area contributed by atoms with E-state index in [0.29, 0.717) is 54.2 Å². The molecule has 9 aromatic rings. The van der Waals surface area contributed by atoms with Gasteiger partial charge in [0.2, 0.25) is 0 Å². The zero-order chi connectivity index (χ0) is 47.1. The summed E-state index contributed by atoms with van der Waals surface area (Å²) in [6, 6.07) is 36.4. The highest BCUT2D eigenvalue weighted by molar-refractivity contribution is 6.56. The second-order valence-corrected chi connectivity index (χ2v) is 18.2. The van der Waals surface area contributed by atoms with E-state index in [-0.39, 0.29) is 68.5 Å². The van der Waals surface area contributed by atoms with Crippen LogP contribution in [0.25, 0.3) is 86.2 Å². The van der Waals surface area contributed by atoms with Crippen LogP contribution in [0.15, 0.2) is 132 Å². The van der Waals surface area contributed by atoms with Gasteiger partial charge in [-0.3, -0.25) is 29.0 Å². The molecule has 2 aliphatic rings. The van der Waals surface area contributed by atoms with Gasteiger partial charge in [-0.15, -0.1) is 0 Å². The van der Waals surface area contributed by atoms with Gasteiger partial charge in [0.15, 0.2) is 0 Å². The van der Waals surface area contributed by atoms with Crippen molar-refractivity contribution in [2.45, 2.75) is 26.2 Å². The summed E-state index contributed by atoms with van der Waals surface area (Å²) in [5, 5.41) is 10.9. The van der Waals surface area contributed by atoms with Crippen LogP contribution in [0.3, 0.4) is 0 Å². The number of halogens is 4. The van der Waals surface area contributed by atoms with Crippen molar-refractivity contribution in [1.29, 1.82) is 0 Å². The molecule has 2 heterocycles.